The van der Waals surface area contributed by atoms with Gasteiger partial charge in [0.2, 0.25) is 0 Å². The molecule has 0 aliphatic rings. The molecule has 18 heavy (non-hydrogen) atoms. The zero-order valence-corrected chi connectivity index (χ0v) is 8.98. The van der Waals surface area contributed by atoms with E-state index in [9.17, 15) is 13.2 Å². The van der Waals surface area contributed by atoms with Crippen molar-refractivity contribution in [1.29, 1.82) is 0 Å². The number of hydrogen-bond donors (Lipinski definition) is 1. The Balaban J connectivity index is 2.25. The lowest BCUT2D eigenvalue weighted by Crippen LogP contribution is -2.08. The maximum absolute atomic E-state index is 12.4. The highest BCUT2D eigenvalue weighted by atomic mass is 19.4. The molecule has 0 aliphatic carbocycles. The van der Waals surface area contributed by atoms with Crippen molar-refractivity contribution in [2.75, 3.05) is 5.73 Å². The molecule has 1 aromatic carbocycles. The van der Waals surface area contributed by atoms with E-state index in [1.807, 2.05) is 0 Å². The Bertz CT molecular complexity index is 557. The molecule has 94 valence electrons. The number of hydrogen-bond acceptors (Lipinski definition) is 4. The minimum Gasteiger partial charge on any atom is -0.424 e. The normalized spacial score (nSPS) is 11.3. The smallest absolute Gasteiger partial charge is 0.424 e. The molecule has 0 fully saturated rings. The van der Waals surface area contributed by atoms with Crippen molar-refractivity contribution >= 4 is 5.69 Å². The maximum atomic E-state index is 12.4. The highest BCUT2D eigenvalue weighted by Crippen LogP contribution is 2.29. The van der Waals surface area contributed by atoms with Crippen LogP contribution in [0.2, 0.25) is 0 Å². The van der Waals surface area contributed by atoms with Crippen LogP contribution in [0.5, 0.6) is 11.8 Å². The fourth-order valence-electron chi connectivity index (χ4n) is 1.23. The van der Waals surface area contributed by atoms with Crippen LogP contribution >= 0.6 is 0 Å². The van der Waals surface area contributed by atoms with Gasteiger partial charge in [0.05, 0.1) is 0 Å². The third-order valence-electron chi connectivity index (χ3n) is 1.99. The summed E-state index contributed by atoms with van der Waals surface area (Å²) in [6, 6.07) is 6.63. The molecular weight excluding hydrogens is 247 g/mol. The van der Waals surface area contributed by atoms with Crippen LogP contribution in [0, 0.1) is 0 Å². The number of anilines is 1. The Morgan fingerprint density at radius 3 is 2.61 bits per heavy atom. The molecule has 0 unspecified atom stereocenters. The highest BCUT2D eigenvalue weighted by Gasteiger charge is 2.33. The SMILES string of the molecule is Nc1cccc(Oc2nccc(C(F)(F)F)n2)c1. The van der Waals surface area contributed by atoms with Gasteiger partial charge >= 0.3 is 12.2 Å². The summed E-state index contributed by atoms with van der Waals surface area (Å²) in [5, 5.41) is 0. The first-order valence-corrected chi connectivity index (χ1v) is 4.89. The standard InChI is InChI=1S/C11H8F3N3O/c12-11(13,14)9-4-5-16-10(17-9)18-8-3-1-2-7(15)6-8/h1-6H,15H2. The van der Waals surface area contributed by atoms with Crippen LogP contribution in [0.3, 0.4) is 0 Å². The van der Waals surface area contributed by atoms with E-state index in [1.165, 1.54) is 6.07 Å². The number of alkyl halides is 3. The molecule has 2 N–H and O–H groups in total. The molecule has 2 rings (SSSR count). The summed E-state index contributed by atoms with van der Waals surface area (Å²) < 4.78 is 42.3. The second-order valence-corrected chi connectivity index (χ2v) is 3.40. The Morgan fingerprint density at radius 2 is 1.94 bits per heavy atom. The molecule has 0 bridgehead atoms. The van der Waals surface area contributed by atoms with E-state index < -0.39 is 11.9 Å². The lowest BCUT2D eigenvalue weighted by Gasteiger charge is -2.07. The second kappa shape index (κ2) is 4.52. The van der Waals surface area contributed by atoms with Crippen LogP contribution in [0.1, 0.15) is 5.69 Å². The van der Waals surface area contributed by atoms with Gasteiger partial charge in [-0.1, -0.05) is 6.07 Å². The average molecular weight is 255 g/mol. The fraction of sp³-hybridized carbons (Fsp3) is 0.0909. The molecule has 2 aromatic rings. The number of aromatic nitrogens is 2. The van der Waals surface area contributed by atoms with Crippen molar-refractivity contribution in [2.45, 2.75) is 6.18 Å². The Hall–Kier alpha value is -2.31. The summed E-state index contributed by atoms with van der Waals surface area (Å²) in [6.45, 7) is 0. The Morgan fingerprint density at radius 1 is 1.17 bits per heavy atom. The van der Waals surface area contributed by atoms with Gasteiger partial charge in [-0.3, -0.25) is 0 Å². The van der Waals surface area contributed by atoms with Gasteiger partial charge in [0, 0.05) is 18.0 Å². The zero-order valence-electron chi connectivity index (χ0n) is 8.98. The van der Waals surface area contributed by atoms with Crippen LogP contribution in [0.25, 0.3) is 0 Å². The molecule has 0 atom stereocenters. The van der Waals surface area contributed by atoms with Crippen molar-refractivity contribution in [2.24, 2.45) is 0 Å². The number of nitrogens with zero attached hydrogens (tertiary/aromatic N) is 2. The molecule has 0 spiro atoms. The van der Waals surface area contributed by atoms with Crippen molar-refractivity contribution in [1.82, 2.24) is 9.97 Å². The van der Waals surface area contributed by atoms with E-state index >= 15 is 0 Å². The fourth-order valence-corrected chi connectivity index (χ4v) is 1.23. The molecule has 1 heterocycles. The summed E-state index contributed by atoms with van der Waals surface area (Å²) in [4.78, 5) is 6.87. The molecule has 0 aliphatic heterocycles. The largest absolute Gasteiger partial charge is 0.433 e. The number of benzene rings is 1. The number of nitrogens with two attached hydrogens (primary N) is 1. The lowest BCUT2D eigenvalue weighted by atomic mass is 10.3. The molecule has 0 amide bonds. The second-order valence-electron chi connectivity index (χ2n) is 3.40. The quantitative estimate of drug-likeness (QED) is 0.838. The predicted molar refractivity (Wildman–Crippen MR) is 58.0 cm³/mol. The number of ether oxygens (including phenoxy) is 1. The van der Waals surface area contributed by atoms with Crippen LogP contribution in [0.4, 0.5) is 18.9 Å². The van der Waals surface area contributed by atoms with Gasteiger partial charge in [-0.05, 0) is 18.2 Å². The molecular formula is C11H8F3N3O. The Labute approximate surface area is 100 Å². The summed E-state index contributed by atoms with van der Waals surface area (Å²) in [5.74, 6) is 0.273. The first-order valence-electron chi connectivity index (χ1n) is 4.89. The maximum Gasteiger partial charge on any atom is 0.433 e. The topological polar surface area (TPSA) is 61.0 Å². The molecule has 4 nitrogen and oxygen atoms in total. The van der Waals surface area contributed by atoms with Gasteiger partial charge in [0.1, 0.15) is 5.75 Å². The number of rotatable bonds is 2. The molecule has 0 saturated carbocycles. The van der Waals surface area contributed by atoms with Crippen molar-refractivity contribution in [3.8, 4) is 11.8 Å². The molecule has 0 saturated heterocycles. The van der Waals surface area contributed by atoms with Gasteiger partial charge in [0.25, 0.3) is 0 Å². The van der Waals surface area contributed by atoms with E-state index in [1.54, 1.807) is 18.2 Å². The highest BCUT2D eigenvalue weighted by molar-refractivity contribution is 5.44. The van der Waals surface area contributed by atoms with E-state index in [-0.39, 0.29) is 11.8 Å². The van der Waals surface area contributed by atoms with Crippen molar-refractivity contribution in [3.05, 3.63) is 42.2 Å². The third kappa shape index (κ3) is 2.88. The first-order chi connectivity index (χ1) is 8.45. The molecule has 7 heteroatoms. The molecule has 1 aromatic heterocycles. The van der Waals surface area contributed by atoms with E-state index in [0.29, 0.717) is 5.69 Å². The monoisotopic (exact) mass is 255 g/mol. The van der Waals surface area contributed by atoms with Crippen LogP contribution < -0.4 is 10.5 Å². The van der Waals surface area contributed by atoms with Crippen LogP contribution in [0.15, 0.2) is 36.5 Å². The summed E-state index contributed by atoms with van der Waals surface area (Å²) in [5.41, 5.74) is 4.88. The van der Waals surface area contributed by atoms with Gasteiger partial charge in [-0.15, -0.1) is 0 Å². The van der Waals surface area contributed by atoms with E-state index in [4.69, 9.17) is 10.5 Å². The van der Waals surface area contributed by atoms with Crippen molar-refractivity contribution < 1.29 is 17.9 Å². The Kier molecular flexibility index (Phi) is 3.05. The van der Waals surface area contributed by atoms with Gasteiger partial charge in [-0.25, -0.2) is 4.98 Å². The first kappa shape index (κ1) is 12.2. The van der Waals surface area contributed by atoms with Crippen LogP contribution in [-0.4, -0.2) is 9.97 Å². The summed E-state index contributed by atoms with van der Waals surface area (Å²) in [7, 11) is 0. The number of halogens is 3. The predicted octanol–water partition coefficient (Wildman–Crippen LogP) is 2.87. The molecule has 0 radical (unpaired) electrons. The van der Waals surface area contributed by atoms with Crippen molar-refractivity contribution in [3.63, 3.8) is 0 Å². The van der Waals surface area contributed by atoms with Gasteiger partial charge < -0.3 is 10.5 Å². The lowest BCUT2D eigenvalue weighted by molar-refractivity contribution is -0.141. The van der Waals surface area contributed by atoms with Crippen LogP contribution in [-0.2, 0) is 6.18 Å². The minimum absolute atomic E-state index is 0.273. The van der Waals surface area contributed by atoms with E-state index in [0.717, 1.165) is 12.3 Å². The minimum atomic E-state index is -4.53. The number of nitrogen functional groups attached to an aromatic ring is 1. The van der Waals surface area contributed by atoms with Gasteiger partial charge in [-0.2, -0.15) is 18.2 Å². The summed E-state index contributed by atoms with van der Waals surface area (Å²) >= 11 is 0. The van der Waals surface area contributed by atoms with E-state index in [2.05, 4.69) is 9.97 Å². The summed E-state index contributed by atoms with van der Waals surface area (Å²) in [6.07, 6.45) is -3.55. The van der Waals surface area contributed by atoms with Gasteiger partial charge in [0.15, 0.2) is 5.69 Å². The third-order valence-corrected chi connectivity index (χ3v) is 1.99. The average Bonchev–Trinajstić information content (AvgIpc) is 2.28. The zero-order chi connectivity index (χ0) is 13.2.